The largest absolute Gasteiger partial charge is 0.444 e. The molecule has 0 aromatic heterocycles. The molecule has 0 unspecified atom stereocenters. The van der Waals surface area contributed by atoms with Crippen molar-refractivity contribution in [3.63, 3.8) is 0 Å². The molecule has 0 fully saturated rings. The first-order valence-electron chi connectivity index (χ1n) is 5.64. The smallest absolute Gasteiger partial charge is 0.273 e. The van der Waals surface area contributed by atoms with Crippen molar-refractivity contribution in [1.29, 1.82) is 0 Å². The molecule has 106 valence electrons. The van der Waals surface area contributed by atoms with E-state index in [4.69, 9.17) is 4.74 Å². The number of non-ortho nitro benzene ring substituents is 1. The van der Waals surface area contributed by atoms with E-state index in [1.807, 2.05) is 22.6 Å². The molecule has 0 atom stereocenters. The standard InChI is InChI=1S/C14H7FINO4/c15-10-3-1-2-9(6-10)14(8-18)21-13-7-11(17(19)20)4-5-12(13)16/h1-7H. The average molecular weight is 399 g/mol. The van der Waals surface area contributed by atoms with Crippen LogP contribution in [-0.2, 0) is 4.79 Å². The van der Waals surface area contributed by atoms with Gasteiger partial charge in [0.2, 0.25) is 5.76 Å². The van der Waals surface area contributed by atoms with Crippen molar-refractivity contribution in [2.75, 3.05) is 0 Å². The molecule has 2 rings (SSSR count). The number of halogens is 2. The summed E-state index contributed by atoms with van der Waals surface area (Å²) in [5.41, 5.74) is 0.0298. The van der Waals surface area contributed by atoms with Crippen molar-refractivity contribution in [2.45, 2.75) is 0 Å². The van der Waals surface area contributed by atoms with E-state index in [2.05, 4.69) is 0 Å². The van der Waals surface area contributed by atoms with Gasteiger partial charge in [0.25, 0.3) is 5.69 Å². The summed E-state index contributed by atoms with van der Waals surface area (Å²) in [5, 5.41) is 10.7. The van der Waals surface area contributed by atoms with E-state index in [-0.39, 0.29) is 22.8 Å². The molecule has 0 aliphatic carbocycles. The number of nitro groups is 1. The monoisotopic (exact) mass is 399 g/mol. The Hall–Kier alpha value is -2.25. The predicted octanol–water partition coefficient (Wildman–Crippen LogP) is 3.59. The summed E-state index contributed by atoms with van der Waals surface area (Å²) < 4.78 is 19.1. The second-order valence-electron chi connectivity index (χ2n) is 3.92. The highest BCUT2D eigenvalue weighted by atomic mass is 127. The van der Waals surface area contributed by atoms with Gasteiger partial charge in [-0.1, -0.05) is 12.1 Å². The predicted molar refractivity (Wildman–Crippen MR) is 81.9 cm³/mol. The highest BCUT2D eigenvalue weighted by molar-refractivity contribution is 14.1. The topological polar surface area (TPSA) is 69.4 Å². The van der Waals surface area contributed by atoms with Crippen molar-refractivity contribution < 1.29 is 18.8 Å². The number of rotatable bonds is 4. The van der Waals surface area contributed by atoms with Crippen LogP contribution in [0.3, 0.4) is 0 Å². The molecule has 21 heavy (non-hydrogen) atoms. The Morgan fingerprint density at radius 1 is 1.29 bits per heavy atom. The maximum absolute atomic E-state index is 13.2. The summed E-state index contributed by atoms with van der Waals surface area (Å²) in [7, 11) is 0. The molecule has 0 bridgehead atoms. The van der Waals surface area contributed by atoms with Crippen LogP contribution in [0.1, 0.15) is 5.56 Å². The minimum absolute atomic E-state index is 0.132. The molecule has 0 aliphatic rings. The highest BCUT2D eigenvalue weighted by Gasteiger charge is 2.14. The van der Waals surface area contributed by atoms with E-state index in [1.165, 1.54) is 36.4 Å². The Kier molecular flexibility index (Phi) is 4.66. The third kappa shape index (κ3) is 3.65. The van der Waals surface area contributed by atoms with Crippen molar-refractivity contribution in [1.82, 2.24) is 0 Å². The number of hydrogen-bond donors (Lipinski definition) is 0. The molecule has 0 amide bonds. The van der Waals surface area contributed by atoms with Gasteiger partial charge in [-0.15, -0.1) is 0 Å². The molecule has 2 aromatic carbocycles. The van der Waals surface area contributed by atoms with Gasteiger partial charge < -0.3 is 4.74 Å². The summed E-state index contributed by atoms with van der Waals surface area (Å²) in [4.78, 5) is 21.2. The van der Waals surface area contributed by atoms with Crippen LogP contribution in [-0.4, -0.2) is 10.9 Å². The SMILES string of the molecule is O=C=C(Oc1cc([N+](=O)[O-])ccc1I)c1cccc(F)c1. The van der Waals surface area contributed by atoms with Crippen molar-refractivity contribution >= 4 is 40.0 Å². The quantitative estimate of drug-likeness (QED) is 0.259. The lowest BCUT2D eigenvalue weighted by Crippen LogP contribution is -1.99. The number of carbonyl (C=O) groups excluding carboxylic acids is 1. The van der Waals surface area contributed by atoms with Crippen LogP contribution >= 0.6 is 22.6 Å². The Bertz CT molecular complexity index is 756. The van der Waals surface area contributed by atoms with Crippen LogP contribution in [0.15, 0.2) is 42.5 Å². The lowest BCUT2D eigenvalue weighted by Gasteiger charge is -2.08. The zero-order valence-electron chi connectivity index (χ0n) is 10.4. The number of hydrogen-bond acceptors (Lipinski definition) is 4. The van der Waals surface area contributed by atoms with E-state index < -0.39 is 10.7 Å². The van der Waals surface area contributed by atoms with Crippen molar-refractivity contribution in [2.24, 2.45) is 0 Å². The van der Waals surface area contributed by atoms with E-state index in [1.54, 1.807) is 5.94 Å². The molecule has 5 nitrogen and oxygen atoms in total. The molecule has 2 aromatic rings. The number of ether oxygens (including phenoxy) is 1. The van der Waals surface area contributed by atoms with Gasteiger partial charge in [0.15, 0.2) is 5.94 Å². The summed E-state index contributed by atoms with van der Waals surface area (Å²) in [6, 6.07) is 9.24. The van der Waals surface area contributed by atoms with E-state index >= 15 is 0 Å². The molecule has 0 saturated heterocycles. The number of benzene rings is 2. The average Bonchev–Trinajstić information content (AvgIpc) is 2.46. The molecular formula is C14H7FINO4. The lowest BCUT2D eigenvalue weighted by atomic mass is 10.2. The number of nitrogens with zero attached hydrogens (tertiary/aromatic N) is 1. The molecule has 0 heterocycles. The first-order chi connectivity index (χ1) is 10.0. The second kappa shape index (κ2) is 6.47. The first-order valence-corrected chi connectivity index (χ1v) is 6.72. The van der Waals surface area contributed by atoms with Crippen molar-refractivity contribution in [3.05, 3.63) is 67.5 Å². The summed E-state index contributed by atoms with van der Waals surface area (Å²) >= 11 is 1.91. The van der Waals surface area contributed by atoms with Crippen LogP contribution in [0.5, 0.6) is 5.75 Å². The third-order valence-electron chi connectivity index (χ3n) is 2.52. The molecule has 7 heteroatoms. The second-order valence-corrected chi connectivity index (χ2v) is 5.08. The van der Waals surface area contributed by atoms with Gasteiger partial charge in [0.1, 0.15) is 11.6 Å². The zero-order chi connectivity index (χ0) is 15.4. The van der Waals surface area contributed by atoms with Crippen LogP contribution in [0.4, 0.5) is 10.1 Å². The van der Waals surface area contributed by atoms with Gasteiger partial charge in [-0.3, -0.25) is 10.1 Å². The molecule has 0 aliphatic heterocycles. The Labute approximate surface area is 132 Å². The van der Waals surface area contributed by atoms with E-state index in [0.717, 1.165) is 6.07 Å². The van der Waals surface area contributed by atoms with Crippen LogP contribution < -0.4 is 4.74 Å². The molecular weight excluding hydrogens is 392 g/mol. The molecule has 0 radical (unpaired) electrons. The summed E-state index contributed by atoms with van der Waals surface area (Å²) in [6.45, 7) is 0. The Balaban J connectivity index is 2.38. The fraction of sp³-hybridized carbons (Fsp3) is 0. The van der Waals surface area contributed by atoms with Crippen LogP contribution in [0, 0.1) is 19.5 Å². The fourth-order valence-electron chi connectivity index (χ4n) is 1.56. The highest BCUT2D eigenvalue weighted by Crippen LogP contribution is 2.29. The summed E-state index contributed by atoms with van der Waals surface area (Å²) in [6.07, 6.45) is 0. The minimum Gasteiger partial charge on any atom is -0.444 e. The van der Waals surface area contributed by atoms with Gasteiger partial charge in [0.05, 0.1) is 14.6 Å². The van der Waals surface area contributed by atoms with Crippen LogP contribution in [0.25, 0.3) is 5.76 Å². The van der Waals surface area contributed by atoms with E-state index in [0.29, 0.717) is 3.57 Å². The Morgan fingerprint density at radius 3 is 2.67 bits per heavy atom. The lowest BCUT2D eigenvalue weighted by molar-refractivity contribution is -0.384. The third-order valence-corrected chi connectivity index (χ3v) is 3.41. The maximum atomic E-state index is 13.2. The van der Waals surface area contributed by atoms with Gasteiger partial charge in [-0.05, 0) is 40.8 Å². The number of nitro benzene ring substituents is 1. The van der Waals surface area contributed by atoms with Crippen molar-refractivity contribution in [3.8, 4) is 5.75 Å². The maximum Gasteiger partial charge on any atom is 0.273 e. The van der Waals surface area contributed by atoms with Gasteiger partial charge in [-0.25, -0.2) is 9.18 Å². The molecule has 0 N–H and O–H groups in total. The zero-order valence-corrected chi connectivity index (χ0v) is 12.5. The van der Waals surface area contributed by atoms with Gasteiger partial charge in [0, 0.05) is 11.6 Å². The van der Waals surface area contributed by atoms with Gasteiger partial charge >= 0.3 is 0 Å². The van der Waals surface area contributed by atoms with Gasteiger partial charge in [-0.2, -0.15) is 0 Å². The first kappa shape index (κ1) is 15.1. The van der Waals surface area contributed by atoms with Crippen LogP contribution in [0.2, 0.25) is 0 Å². The molecule has 0 spiro atoms. The molecule has 0 saturated carbocycles. The minimum atomic E-state index is -0.574. The fourth-order valence-corrected chi connectivity index (χ4v) is 2.01. The normalized spacial score (nSPS) is 9.81. The Morgan fingerprint density at radius 2 is 2.05 bits per heavy atom. The summed E-state index contributed by atoms with van der Waals surface area (Å²) in [5.74, 6) is 0.934. The van der Waals surface area contributed by atoms with E-state index in [9.17, 15) is 19.3 Å².